The highest BCUT2D eigenvalue weighted by Gasteiger charge is 2.21. The molecule has 1 aromatic rings. The lowest BCUT2D eigenvalue weighted by Crippen LogP contribution is -2.30. The number of rotatable bonds is 8. The van der Waals surface area contributed by atoms with Gasteiger partial charge in [0.2, 0.25) is 10.0 Å². The van der Waals surface area contributed by atoms with Gasteiger partial charge in [-0.25, -0.2) is 13.1 Å². The summed E-state index contributed by atoms with van der Waals surface area (Å²) in [4.78, 5) is 10.8. The minimum Gasteiger partial charge on any atom is -0.481 e. The molecule has 1 atom stereocenters. The first kappa shape index (κ1) is 17.6. The Morgan fingerprint density at radius 1 is 1.45 bits per heavy atom. The van der Waals surface area contributed by atoms with Gasteiger partial charge in [0.25, 0.3) is 0 Å². The highest BCUT2D eigenvalue weighted by Crippen LogP contribution is 2.26. The number of hydrogen-bond acceptors (Lipinski definition) is 4. The van der Waals surface area contributed by atoms with Gasteiger partial charge >= 0.3 is 5.97 Å². The van der Waals surface area contributed by atoms with Gasteiger partial charge in [0.1, 0.15) is 4.21 Å². The fourth-order valence-corrected chi connectivity index (χ4v) is 5.06. The Morgan fingerprint density at radius 3 is 2.55 bits per heavy atom. The van der Waals surface area contributed by atoms with Gasteiger partial charge in [-0.1, -0.05) is 13.8 Å². The zero-order valence-corrected chi connectivity index (χ0v) is 14.5. The summed E-state index contributed by atoms with van der Waals surface area (Å²) >= 11 is 4.34. The van der Waals surface area contributed by atoms with Crippen molar-refractivity contribution in [3.05, 3.63) is 15.9 Å². The molecule has 5 nitrogen and oxygen atoms in total. The van der Waals surface area contributed by atoms with Gasteiger partial charge in [-0.2, -0.15) is 0 Å². The van der Waals surface area contributed by atoms with Crippen LogP contribution < -0.4 is 4.72 Å². The molecular weight excluding hydrogens is 366 g/mol. The first-order valence-corrected chi connectivity index (χ1v) is 9.26. The van der Waals surface area contributed by atoms with Gasteiger partial charge in [-0.15, -0.1) is 11.3 Å². The summed E-state index contributed by atoms with van der Waals surface area (Å²) in [6.45, 7) is 4.11. The molecule has 0 amide bonds. The summed E-state index contributed by atoms with van der Waals surface area (Å²) < 4.78 is 27.6. The van der Waals surface area contributed by atoms with Crippen LogP contribution in [-0.4, -0.2) is 26.0 Å². The van der Waals surface area contributed by atoms with E-state index in [1.807, 2.05) is 13.8 Å². The number of hydrogen-bond donors (Lipinski definition) is 2. The lowest BCUT2D eigenvalue weighted by Gasteiger charge is -2.17. The number of halogens is 1. The normalized spacial score (nSPS) is 13.6. The summed E-state index contributed by atoms with van der Waals surface area (Å²) in [5.41, 5.74) is 0. The van der Waals surface area contributed by atoms with E-state index in [4.69, 9.17) is 5.11 Å². The smallest absolute Gasteiger partial charge is 0.303 e. The van der Waals surface area contributed by atoms with Crippen LogP contribution in [0, 0.1) is 11.8 Å². The van der Waals surface area contributed by atoms with E-state index in [9.17, 15) is 13.2 Å². The van der Waals surface area contributed by atoms with E-state index in [1.54, 1.807) is 6.07 Å². The highest BCUT2D eigenvalue weighted by atomic mass is 79.9. The molecule has 0 aliphatic carbocycles. The van der Waals surface area contributed by atoms with Crippen LogP contribution in [0.15, 0.2) is 20.1 Å². The van der Waals surface area contributed by atoms with Crippen LogP contribution in [0.3, 0.4) is 0 Å². The van der Waals surface area contributed by atoms with Crippen LogP contribution in [0.2, 0.25) is 0 Å². The molecule has 0 radical (unpaired) electrons. The number of carbonyl (C=O) groups is 1. The Hall–Kier alpha value is -0.440. The summed E-state index contributed by atoms with van der Waals surface area (Å²) in [5.74, 6) is -0.792. The van der Waals surface area contributed by atoms with E-state index in [0.717, 1.165) is 15.1 Å². The summed E-state index contributed by atoms with van der Waals surface area (Å²) in [5, 5.41) is 8.87. The summed E-state index contributed by atoms with van der Waals surface area (Å²) in [7, 11) is -3.56. The van der Waals surface area contributed by atoms with Crippen molar-refractivity contribution in [3.8, 4) is 0 Å². The summed E-state index contributed by atoms with van der Waals surface area (Å²) in [6, 6.07) is 3.19. The van der Waals surface area contributed by atoms with Gasteiger partial charge in [0.15, 0.2) is 0 Å². The van der Waals surface area contributed by atoms with E-state index < -0.39 is 16.0 Å². The SMILES string of the molecule is CC(C)C[C@H](CNS(=O)(=O)c1ccc(Br)s1)CC(=O)O. The van der Waals surface area contributed by atoms with Crippen molar-refractivity contribution >= 4 is 43.3 Å². The Bertz CT molecular complexity index is 554. The maximum atomic E-state index is 12.1. The summed E-state index contributed by atoms with van der Waals surface area (Å²) in [6.07, 6.45) is 0.637. The van der Waals surface area contributed by atoms with Crippen molar-refractivity contribution in [1.82, 2.24) is 4.72 Å². The number of thiophene rings is 1. The fraction of sp³-hybridized carbons (Fsp3) is 0.583. The van der Waals surface area contributed by atoms with Crippen molar-refractivity contribution in [3.63, 3.8) is 0 Å². The first-order valence-electron chi connectivity index (χ1n) is 6.17. The third-order valence-electron chi connectivity index (χ3n) is 2.64. The second kappa shape index (κ2) is 7.53. The lowest BCUT2D eigenvalue weighted by atomic mass is 9.94. The molecule has 8 heteroatoms. The maximum absolute atomic E-state index is 12.1. The van der Waals surface area contributed by atoms with E-state index in [0.29, 0.717) is 12.3 Å². The average Bonchev–Trinajstić information content (AvgIpc) is 2.72. The zero-order valence-electron chi connectivity index (χ0n) is 11.3. The van der Waals surface area contributed by atoms with Crippen molar-refractivity contribution in [2.75, 3.05) is 6.54 Å². The number of carboxylic acids is 1. The largest absolute Gasteiger partial charge is 0.481 e. The van der Waals surface area contributed by atoms with Crippen LogP contribution >= 0.6 is 27.3 Å². The molecule has 1 aromatic heterocycles. The molecule has 1 heterocycles. The number of aliphatic carboxylic acids is 1. The molecule has 0 unspecified atom stereocenters. The molecule has 2 N–H and O–H groups in total. The molecular formula is C12H18BrNO4S2. The van der Waals surface area contributed by atoms with Gasteiger partial charge in [0.05, 0.1) is 3.79 Å². The molecule has 0 spiro atoms. The quantitative estimate of drug-likeness (QED) is 0.722. The Balaban J connectivity index is 2.68. The predicted octanol–water partition coefficient (Wildman–Crippen LogP) is 2.93. The van der Waals surface area contributed by atoms with Crippen LogP contribution in [0.5, 0.6) is 0 Å². The topological polar surface area (TPSA) is 83.5 Å². The van der Waals surface area contributed by atoms with E-state index in [2.05, 4.69) is 20.7 Å². The number of sulfonamides is 1. The predicted molar refractivity (Wildman–Crippen MR) is 82.4 cm³/mol. The second-order valence-corrected chi connectivity index (χ2v) is 9.46. The third-order valence-corrected chi connectivity index (χ3v) is 6.18. The van der Waals surface area contributed by atoms with Crippen LogP contribution in [0.25, 0.3) is 0 Å². The van der Waals surface area contributed by atoms with Crippen molar-refractivity contribution < 1.29 is 18.3 Å². The van der Waals surface area contributed by atoms with E-state index in [1.165, 1.54) is 6.07 Å². The van der Waals surface area contributed by atoms with Crippen LogP contribution in [0.4, 0.5) is 0 Å². The number of carboxylic acid groups (broad SMARTS) is 1. The minimum atomic E-state index is -3.56. The zero-order chi connectivity index (χ0) is 15.3. The highest BCUT2D eigenvalue weighted by molar-refractivity contribution is 9.11. The van der Waals surface area contributed by atoms with E-state index >= 15 is 0 Å². The molecule has 1 rings (SSSR count). The van der Waals surface area contributed by atoms with Crippen LogP contribution in [-0.2, 0) is 14.8 Å². The van der Waals surface area contributed by atoms with Gasteiger partial charge in [0, 0.05) is 13.0 Å². The second-order valence-electron chi connectivity index (χ2n) is 5.00. The standard InChI is InChI=1S/C12H18BrNO4S2/c1-8(2)5-9(6-11(15)16)7-14-20(17,18)12-4-3-10(13)19-12/h3-4,8-9,14H,5-7H2,1-2H3,(H,15,16)/t9-/m0/s1. The molecule has 114 valence electrons. The first-order chi connectivity index (χ1) is 9.20. The minimum absolute atomic E-state index is 0.0329. The van der Waals surface area contributed by atoms with Crippen molar-refractivity contribution in [2.24, 2.45) is 11.8 Å². The van der Waals surface area contributed by atoms with E-state index in [-0.39, 0.29) is 23.1 Å². The monoisotopic (exact) mass is 383 g/mol. The Labute approximate surface area is 131 Å². The molecule has 0 saturated carbocycles. The molecule has 0 aliphatic rings. The van der Waals surface area contributed by atoms with Crippen molar-refractivity contribution in [1.29, 1.82) is 0 Å². The third kappa shape index (κ3) is 5.90. The van der Waals surface area contributed by atoms with Gasteiger partial charge in [-0.3, -0.25) is 4.79 Å². The molecule has 0 aliphatic heterocycles. The molecule has 0 fully saturated rings. The average molecular weight is 384 g/mol. The van der Waals surface area contributed by atoms with Gasteiger partial charge < -0.3 is 5.11 Å². The van der Waals surface area contributed by atoms with Crippen molar-refractivity contribution in [2.45, 2.75) is 30.9 Å². The Morgan fingerprint density at radius 2 is 2.10 bits per heavy atom. The van der Waals surface area contributed by atoms with Crippen LogP contribution in [0.1, 0.15) is 26.7 Å². The lowest BCUT2D eigenvalue weighted by molar-refractivity contribution is -0.138. The maximum Gasteiger partial charge on any atom is 0.303 e. The number of nitrogens with one attached hydrogen (secondary N) is 1. The molecule has 0 aromatic carbocycles. The fourth-order valence-electron chi connectivity index (χ4n) is 1.89. The molecule has 0 bridgehead atoms. The Kier molecular flexibility index (Phi) is 6.63. The molecule has 20 heavy (non-hydrogen) atoms. The van der Waals surface area contributed by atoms with Gasteiger partial charge in [-0.05, 0) is 46.3 Å². The molecule has 0 saturated heterocycles.